The summed E-state index contributed by atoms with van der Waals surface area (Å²) in [5.74, 6) is 0.421. The predicted molar refractivity (Wildman–Crippen MR) is 102 cm³/mol. The van der Waals surface area contributed by atoms with Gasteiger partial charge in [-0.3, -0.25) is 4.79 Å². The SMILES string of the molecule is COc1ccc(S(=O)(=O)NCC(=O)Nc2ccccc2C(C)C)cc1C. The van der Waals surface area contributed by atoms with E-state index in [1.165, 1.54) is 19.2 Å². The fraction of sp³-hybridized carbons (Fsp3) is 0.316. The van der Waals surface area contributed by atoms with E-state index in [2.05, 4.69) is 10.0 Å². The number of amides is 1. The van der Waals surface area contributed by atoms with E-state index in [4.69, 9.17) is 4.74 Å². The summed E-state index contributed by atoms with van der Waals surface area (Å²) in [7, 11) is -2.27. The number of rotatable bonds is 7. The molecule has 0 atom stereocenters. The fourth-order valence-corrected chi connectivity index (χ4v) is 3.64. The topological polar surface area (TPSA) is 84.5 Å². The summed E-state index contributed by atoms with van der Waals surface area (Å²) in [6.07, 6.45) is 0. The first-order chi connectivity index (χ1) is 12.2. The number of sulfonamides is 1. The molecule has 0 bridgehead atoms. The Morgan fingerprint density at radius 3 is 2.46 bits per heavy atom. The van der Waals surface area contributed by atoms with Crippen LogP contribution in [0.2, 0.25) is 0 Å². The maximum atomic E-state index is 12.4. The Labute approximate surface area is 154 Å². The number of aryl methyl sites for hydroxylation is 1. The lowest BCUT2D eigenvalue weighted by atomic mass is 10.0. The average molecular weight is 376 g/mol. The minimum absolute atomic E-state index is 0.0891. The predicted octanol–water partition coefficient (Wildman–Crippen LogP) is 3.04. The summed E-state index contributed by atoms with van der Waals surface area (Å²) >= 11 is 0. The third kappa shape index (κ3) is 4.83. The molecule has 0 spiro atoms. The van der Waals surface area contributed by atoms with Gasteiger partial charge in [0.15, 0.2) is 0 Å². The van der Waals surface area contributed by atoms with E-state index in [0.717, 1.165) is 5.56 Å². The average Bonchev–Trinajstić information content (AvgIpc) is 2.60. The lowest BCUT2D eigenvalue weighted by Gasteiger charge is -2.14. The summed E-state index contributed by atoms with van der Waals surface area (Å²) in [5, 5.41) is 2.76. The summed E-state index contributed by atoms with van der Waals surface area (Å²) < 4.78 is 32.2. The maximum Gasteiger partial charge on any atom is 0.241 e. The first kappa shape index (κ1) is 19.9. The molecule has 0 heterocycles. The Bertz CT molecular complexity index is 892. The molecule has 6 nitrogen and oxygen atoms in total. The maximum absolute atomic E-state index is 12.4. The molecule has 0 aliphatic rings. The lowest BCUT2D eigenvalue weighted by molar-refractivity contribution is -0.115. The molecule has 0 aromatic heterocycles. The minimum Gasteiger partial charge on any atom is -0.496 e. The Morgan fingerprint density at radius 2 is 1.85 bits per heavy atom. The third-order valence-electron chi connectivity index (χ3n) is 3.96. The van der Waals surface area contributed by atoms with Gasteiger partial charge < -0.3 is 10.1 Å². The van der Waals surface area contributed by atoms with Gasteiger partial charge in [-0.25, -0.2) is 13.1 Å². The van der Waals surface area contributed by atoms with Crippen molar-refractivity contribution in [2.24, 2.45) is 0 Å². The van der Waals surface area contributed by atoms with Crippen molar-refractivity contribution in [3.8, 4) is 5.75 Å². The van der Waals surface area contributed by atoms with Gasteiger partial charge >= 0.3 is 0 Å². The zero-order chi connectivity index (χ0) is 19.3. The number of para-hydroxylation sites is 1. The first-order valence-electron chi connectivity index (χ1n) is 8.27. The number of ether oxygens (including phenoxy) is 1. The molecule has 2 aromatic rings. The van der Waals surface area contributed by atoms with Crippen LogP contribution in [-0.4, -0.2) is 28.0 Å². The van der Waals surface area contributed by atoms with Crippen LogP contribution in [0.4, 0.5) is 5.69 Å². The van der Waals surface area contributed by atoms with Crippen molar-refractivity contribution < 1.29 is 17.9 Å². The van der Waals surface area contributed by atoms with Gasteiger partial charge in [-0.2, -0.15) is 0 Å². The standard InChI is InChI=1S/C19H24N2O4S/c1-13(2)16-7-5-6-8-17(16)21-19(22)12-20-26(23,24)15-9-10-18(25-4)14(3)11-15/h5-11,13,20H,12H2,1-4H3,(H,21,22). The molecular weight excluding hydrogens is 352 g/mol. The highest BCUT2D eigenvalue weighted by Crippen LogP contribution is 2.24. The van der Waals surface area contributed by atoms with Crippen molar-refractivity contribution in [2.75, 3.05) is 19.0 Å². The second kappa shape index (κ2) is 8.33. The molecule has 0 fully saturated rings. The molecule has 0 saturated heterocycles. The molecule has 0 radical (unpaired) electrons. The van der Waals surface area contributed by atoms with E-state index in [9.17, 15) is 13.2 Å². The molecule has 0 unspecified atom stereocenters. The molecule has 0 aliphatic heterocycles. The van der Waals surface area contributed by atoms with E-state index in [0.29, 0.717) is 17.0 Å². The fourth-order valence-electron chi connectivity index (χ4n) is 2.57. The van der Waals surface area contributed by atoms with Gasteiger partial charge in [0.25, 0.3) is 0 Å². The number of anilines is 1. The minimum atomic E-state index is -3.79. The molecular formula is C19H24N2O4S. The van der Waals surface area contributed by atoms with E-state index >= 15 is 0 Å². The van der Waals surface area contributed by atoms with Crippen molar-refractivity contribution in [3.05, 3.63) is 53.6 Å². The van der Waals surface area contributed by atoms with Crippen LogP contribution in [0.25, 0.3) is 0 Å². The Balaban J connectivity index is 2.06. The lowest BCUT2D eigenvalue weighted by Crippen LogP contribution is -2.33. The van der Waals surface area contributed by atoms with E-state index in [-0.39, 0.29) is 17.4 Å². The van der Waals surface area contributed by atoms with Crippen LogP contribution in [0.3, 0.4) is 0 Å². The van der Waals surface area contributed by atoms with E-state index in [1.807, 2.05) is 32.0 Å². The van der Waals surface area contributed by atoms with Crippen LogP contribution in [0.5, 0.6) is 5.75 Å². The summed E-state index contributed by atoms with van der Waals surface area (Å²) in [6, 6.07) is 12.0. The largest absolute Gasteiger partial charge is 0.496 e. The second-order valence-electron chi connectivity index (χ2n) is 6.25. The molecule has 140 valence electrons. The summed E-state index contributed by atoms with van der Waals surface area (Å²) in [6.45, 7) is 5.46. The van der Waals surface area contributed by atoms with Crippen LogP contribution in [0.1, 0.15) is 30.9 Å². The highest BCUT2D eigenvalue weighted by Gasteiger charge is 2.17. The van der Waals surface area contributed by atoms with Crippen LogP contribution >= 0.6 is 0 Å². The molecule has 0 aliphatic carbocycles. The van der Waals surface area contributed by atoms with Gasteiger partial charge in [0.1, 0.15) is 5.75 Å². The number of nitrogens with one attached hydrogen (secondary N) is 2. The highest BCUT2D eigenvalue weighted by atomic mass is 32.2. The molecule has 26 heavy (non-hydrogen) atoms. The first-order valence-corrected chi connectivity index (χ1v) is 9.76. The Kier molecular flexibility index (Phi) is 6.39. The van der Waals surface area contributed by atoms with E-state index < -0.39 is 15.9 Å². The highest BCUT2D eigenvalue weighted by molar-refractivity contribution is 7.89. The molecule has 0 saturated carbocycles. The quantitative estimate of drug-likeness (QED) is 0.778. The van der Waals surface area contributed by atoms with Gasteiger partial charge in [0, 0.05) is 5.69 Å². The number of carbonyl (C=O) groups excluding carboxylic acids is 1. The van der Waals surface area contributed by atoms with Gasteiger partial charge in [-0.15, -0.1) is 0 Å². The molecule has 2 rings (SSSR count). The zero-order valence-corrected chi connectivity index (χ0v) is 16.2. The van der Waals surface area contributed by atoms with Crippen molar-refractivity contribution in [1.82, 2.24) is 4.72 Å². The third-order valence-corrected chi connectivity index (χ3v) is 5.36. The number of carbonyl (C=O) groups is 1. The van der Waals surface area contributed by atoms with Crippen LogP contribution < -0.4 is 14.8 Å². The van der Waals surface area contributed by atoms with Gasteiger partial charge in [-0.05, 0) is 48.2 Å². The monoisotopic (exact) mass is 376 g/mol. The van der Waals surface area contributed by atoms with Crippen LogP contribution in [-0.2, 0) is 14.8 Å². The van der Waals surface area contributed by atoms with Crippen molar-refractivity contribution in [3.63, 3.8) is 0 Å². The van der Waals surface area contributed by atoms with Crippen molar-refractivity contribution in [2.45, 2.75) is 31.6 Å². The molecule has 2 aromatic carbocycles. The smallest absolute Gasteiger partial charge is 0.241 e. The molecule has 1 amide bonds. The van der Waals surface area contributed by atoms with Crippen molar-refractivity contribution >= 4 is 21.6 Å². The van der Waals surface area contributed by atoms with Gasteiger partial charge in [0.05, 0.1) is 18.6 Å². The van der Waals surface area contributed by atoms with E-state index in [1.54, 1.807) is 19.1 Å². The van der Waals surface area contributed by atoms with Crippen LogP contribution in [0, 0.1) is 6.92 Å². The number of hydrogen-bond donors (Lipinski definition) is 2. The molecule has 7 heteroatoms. The van der Waals surface area contributed by atoms with Crippen molar-refractivity contribution in [1.29, 1.82) is 0 Å². The summed E-state index contributed by atoms with van der Waals surface area (Å²) in [5.41, 5.74) is 2.38. The Hall–Kier alpha value is -2.38. The number of benzene rings is 2. The van der Waals surface area contributed by atoms with Gasteiger partial charge in [-0.1, -0.05) is 32.0 Å². The summed E-state index contributed by atoms with van der Waals surface area (Å²) in [4.78, 5) is 12.3. The zero-order valence-electron chi connectivity index (χ0n) is 15.4. The van der Waals surface area contributed by atoms with Gasteiger partial charge in [0.2, 0.25) is 15.9 Å². The molecule has 2 N–H and O–H groups in total. The Morgan fingerprint density at radius 1 is 1.15 bits per heavy atom. The number of hydrogen-bond acceptors (Lipinski definition) is 4. The second-order valence-corrected chi connectivity index (χ2v) is 8.01. The normalized spacial score (nSPS) is 11.4. The van der Waals surface area contributed by atoms with Crippen LogP contribution in [0.15, 0.2) is 47.4 Å². The number of methoxy groups -OCH3 is 1.